The molecular formula is C33H49N7O6. The molecule has 0 bridgehead atoms. The number of nitrogen functional groups attached to an aromatic ring is 1. The molecule has 0 atom stereocenters. The first-order valence-corrected chi connectivity index (χ1v) is 16.2. The lowest BCUT2D eigenvalue weighted by atomic mass is 10.0. The molecule has 1 aromatic carbocycles. The second kappa shape index (κ2) is 16.0. The van der Waals surface area contributed by atoms with E-state index in [4.69, 9.17) is 19.9 Å². The van der Waals surface area contributed by atoms with Crippen LogP contribution < -0.4 is 16.2 Å². The third-order valence-electron chi connectivity index (χ3n) is 7.99. The van der Waals surface area contributed by atoms with Gasteiger partial charge in [0.1, 0.15) is 11.1 Å². The third kappa shape index (κ3) is 10.0. The highest BCUT2D eigenvalue weighted by molar-refractivity contribution is 5.81. The molecule has 3 heterocycles. The van der Waals surface area contributed by atoms with Crippen LogP contribution in [0.4, 0.5) is 5.82 Å². The Kier molecular flexibility index (Phi) is 12.2. The van der Waals surface area contributed by atoms with Crippen LogP contribution in [-0.2, 0) is 38.6 Å². The zero-order valence-corrected chi connectivity index (χ0v) is 27.8. The number of ether oxygens (including phenoxy) is 3. The van der Waals surface area contributed by atoms with Gasteiger partial charge in [-0.25, -0.2) is 4.79 Å². The van der Waals surface area contributed by atoms with Crippen molar-refractivity contribution in [3.8, 4) is 6.01 Å². The van der Waals surface area contributed by atoms with Gasteiger partial charge in [0, 0.05) is 38.8 Å². The van der Waals surface area contributed by atoms with Crippen LogP contribution in [0.3, 0.4) is 0 Å². The number of esters is 2. The lowest BCUT2D eigenvalue weighted by molar-refractivity contribution is -0.156. The van der Waals surface area contributed by atoms with Gasteiger partial charge in [0.15, 0.2) is 11.5 Å². The van der Waals surface area contributed by atoms with Gasteiger partial charge in [-0.1, -0.05) is 37.6 Å². The number of hydrogen-bond acceptors (Lipinski definition) is 11. The molecule has 46 heavy (non-hydrogen) atoms. The van der Waals surface area contributed by atoms with E-state index in [-0.39, 0.29) is 48.5 Å². The van der Waals surface area contributed by atoms with Crippen molar-refractivity contribution in [2.45, 2.75) is 91.0 Å². The van der Waals surface area contributed by atoms with Crippen LogP contribution in [0.2, 0.25) is 0 Å². The van der Waals surface area contributed by atoms with Gasteiger partial charge in [0.05, 0.1) is 26.7 Å². The fraction of sp³-hybridized carbons (Fsp3) is 0.606. The topological polar surface area (TPSA) is 158 Å². The number of likely N-dealkylation sites (tertiary alicyclic amines) is 1. The molecule has 1 aliphatic rings. The fourth-order valence-corrected chi connectivity index (χ4v) is 5.74. The highest BCUT2D eigenvalue weighted by Crippen LogP contribution is 2.22. The molecule has 3 aromatic rings. The van der Waals surface area contributed by atoms with Crippen molar-refractivity contribution in [3.05, 3.63) is 45.9 Å². The van der Waals surface area contributed by atoms with Crippen molar-refractivity contribution >= 4 is 28.9 Å². The fourth-order valence-electron chi connectivity index (χ4n) is 5.74. The van der Waals surface area contributed by atoms with Crippen molar-refractivity contribution in [2.24, 2.45) is 0 Å². The number of fused-ring (bicyclic) bond motifs is 1. The van der Waals surface area contributed by atoms with E-state index in [2.05, 4.69) is 37.7 Å². The highest BCUT2D eigenvalue weighted by atomic mass is 16.6. The standard InChI is InChI=1S/C33H49N7O6/c1-6-7-18-45-31-36-29(34)28-30(37-31)40(32(43)35-28)15-9-14-39(21-24-11-8-10-23(19-24)20-26(41)44-5)25-12-16-38(17-13-25)22-27(42)46-33(2,3)4/h8,10-11,19,25H,6-7,9,12-18,20-22H2,1-5H3,(H,35,43)(H2,34,36,37). The number of carbonyl (C=O) groups excluding carboxylic acids is 2. The van der Waals surface area contributed by atoms with Gasteiger partial charge in [-0.2, -0.15) is 9.97 Å². The van der Waals surface area contributed by atoms with Crippen LogP contribution in [0.1, 0.15) is 70.9 Å². The van der Waals surface area contributed by atoms with Crippen LogP contribution in [0.15, 0.2) is 29.1 Å². The maximum absolute atomic E-state index is 12.9. The molecular weight excluding hydrogens is 590 g/mol. The van der Waals surface area contributed by atoms with Gasteiger partial charge < -0.3 is 24.9 Å². The zero-order chi connectivity index (χ0) is 33.3. The van der Waals surface area contributed by atoms with Gasteiger partial charge >= 0.3 is 23.6 Å². The average molecular weight is 640 g/mol. The number of aromatic nitrogens is 4. The van der Waals surface area contributed by atoms with Crippen LogP contribution in [0, 0.1) is 0 Å². The second-order valence-electron chi connectivity index (χ2n) is 12.9. The highest BCUT2D eigenvalue weighted by Gasteiger charge is 2.27. The molecule has 13 nitrogen and oxygen atoms in total. The Morgan fingerprint density at radius 3 is 2.54 bits per heavy atom. The summed E-state index contributed by atoms with van der Waals surface area (Å²) in [6, 6.07) is 8.44. The zero-order valence-electron chi connectivity index (χ0n) is 27.8. The maximum atomic E-state index is 12.9. The third-order valence-corrected chi connectivity index (χ3v) is 7.99. The van der Waals surface area contributed by atoms with Crippen molar-refractivity contribution in [2.75, 3.05) is 45.6 Å². The number of hydrogen-bond donors (Lipinski definition) is 2. The molecule has 1 fully saturated rings. The molecule has 252 valence electrons. The molecule has 13 heteroatoms. The Balaban J connectivity index is 1.47. The van der Waals surface area contributed by atoms with E-state index in [1.54, 1.807) is 4.57 Å². The minimum atomic E-state index is -0.511. The summed E-state index contributed by atoms with van der Waals surface area (Å²) in [7, 11) is 1.39. The first-order chi connectivity index (χ1) is 22.0. The number of carbonyl (C=O) groups is 2. The predicted molar refractivity (Wildman–Crippen MR) is 175 cm³/mol. The number of piperidine rings is 1. The van der Waals surface area contributed by atoms with E-state index in [9.17, 15) is 14.4 Å². The molecule has 1 aliphatic heterocycles. The number of nitrogens with two attached hydrogens (primary N) is 1. The smallest absolute Gasteiger partial charge is 0.327 e. The van der Waals surface area contributed by atoms with E-state index in [1.165, 1.54) is 7.11 Å². The number of aromatic amines is 1. The van der Waals surface area contributed by atoms with Crippen LogP contribution >= 0.6 is 0 Å². The molecule has 2 aromatic heterocycles. The van der Waals surface area contributed by atoms with E-state index >= 15 is 0 Å². The monoisotopic (exact) mass is 639 g/mol. The number of aryl methyl sites for hydroxylation is 1. The second-order valence-corrected chi connectivity index (χ2v) is 12.9. The summed E-state index contributed by atoms with van der Waals surface area (Å²) < 4.78 is 17.7. The first-order valence-electron chi connectivity index (χ1n) is 16.2. The number of nitrogens with one attached hydrogen (secondary N) is 1. The van der Waals surface area contributed by atoms with Gasteiger partial charge in [0.2, 0.25) is 0 Å². The van der Waals surface area contributed by atoms with Gasteiger partial charge in [-0.15, -0.1) is 0 Å². The summed E-state index contributed by atoms with van der Waals surface area (Å²) in [4.78, 5) is 53.4. The number of methoxy groups -OCH3 is 1. The van der Waals surface area contributed by atoms with E-state index in [0.29, 0.717) is 37.3 Å². The SMILES string of the molecule is CCCCOc1nc(N)c2[nH]c(=O)n(CCCN(Cc3cccc(CC(=O)OC)c3)C3CCN(CC(=O)OC(C)(C)C)CC3)c2n1. The Morgan fingerprint density at radius 2 is 1.85 bits per heavy atom. The molecule has 0 saturated carbocycles. The summed E-state index contributed by atoms with van der Waals surface area (Å²) in [6.07, 6.45) is 4.51. The van der Waals surface area contributed by atoms with Crippen LogP contribution in [-0.4, -0.2) is 92.8 Å². The van der Waals surface area contributed by atoms with Crippen molar-refractivity contribution in [3.63, 3.8) is 0 Å². The quantitative estimate of drug-likeness (QED) is 0.186. The molecule has 1 saturated heterocycles. The average Bonchev–Trinajstić information content (AvgIpc) is 3.31. The predicted octanol–water partition coefficient (Wildman–Crippen LogP) is 3.29. The van der Waals surface area contributed by atoms with Gasteiger partial charge in [0.25, 0.3) is 0 Å². The van der Waals surface area contributed by atoms with Crippen molar-refractivity contribution < 1.29 is 23.8 Å². The minimum absolute atomic E-state index is 0.165. The number of imidazole rings is 1. The van der Waals surface area contributed by atoms with E-state index < -0.39 is 5.60 Å². The number of nitrogens with zero attached hydrogens (tertiary/aromatic N) is 5. The van der Waals surface area contributed by atoms with Gasteiger partial charge in [-0.3, -0.25) is 24.0 Å². The largest absolute Gasteiger partial charge is 0.469 e. The van der Waals surface area contributed by atoms with Crippen LogP contribution in [0.25, 0.3) is 11.2 Å². The Hall–Kier alpha value is -3.97. The minimum Gasteiger partial charge on any atom is -0.469 e. The normalized spacial score (nSPS) is 14.6. The summed E-state index contributed by atoms with van der Waals surface area (Å²) >= 11 is 0. The van der Waals surface area contributed by atoms with Crippen LogP contribution in [0.5, 0.6) is 6.01 Å². The van der Waals surface area contributed by atoms with Crippen molar-refractivity contribution in [1.29, 1.82) is 0 Å². The summed E-state index contributed by atoms with van der Waals surface area (Å²) in [5.74, 6) is -0.310. The summed E-state index contributed by atoms with van der Waals surface area (Å²) in [5, 5.41) is 0. The molecule has 3 N–H and O–H groups in total. The molecule has 4 rings (SSSR count). The number of anilines is 1. The Bertz CT molecular complexity index is 1520. The Morgan fingerprint density at radius 1 is 1.11 bits per heavy atom. The summed E-state index contributed by atoms with van der Waals surface area (Å²) in [5.41, 5.74) is 8.17. The molecule has 0 unspecified atom stereocenters. The summed E-state index contributed by atoms with van der Waals surface area (Å²) in [6.45, 7) is 11.8. The lowest BCUT2D eigenvalue weighted by Crippen LogP contribution is -2.47. The maximum Gasteiger partial charge on any atom is 0.327 e. The number of H-pyrrole nitrogens is 1. The number of unbranched alkanes of at least 4 members (excludes halogenated alkanes) is 1. The molecule has 0 aliphatic carbocycles. The van der Waals surface area contributed by atoms with E-state index in [0.717, 1.165) is 56.4 Å². The van der Waals surface area contributed by atoms with Gasteiger partial charge in [-0.05, 0) is 57.6 Å². The van der Waals surface area contributed by atoms with Crippen molar-refractivity contribution in [1.82, 2.24) is 29.3 Å². The molecule has 0 spiro atoms. The Labute approximate surface area is 270 Å². The van der Waals surface area contributed by atoms with E-state index in [1.807, 2.05) is 39.0 Å². The molecule has 0 radical (unpaired) electrons. The number of benzene rings is 1. The first kappa shape index (κ1) is 34.9. The lowest BCUT2D eigenvalue weighted by Gasteiger charge is -2.38. The molecule has 0 amide bonds. The number of rotatable bonds is 15.